The van der Waals surface area contributed by atoms with Gasteiger partial charge in [-0.25, -0.2) is 0 Å². The van der Waals surface area contributed by atoms with E-state index < -0.39 is 0 Å². The molecule has 18 heavy (non-hydrogen) atoms. The van der Waals surface area contributed by atoms with Gasteiger partial charge in [-0.15, -0.1) is 0 Å². The molecule has 2 aromatic rings. The lowest BCUT2D eigenvalue weighted by atomic mass is 10.2. The van der Waals surface area contributed by atoms with Gasteiger partial charge >= 0.3 is 0 Å². The highest BCUT2D eigenvalue weighted by molar-refractivity contribution is 5.77. The second kappa shape index (κ2) is 5.91. The molecular weight excluding hydrogens is 230 g/mol. The van der Waals surface area contributed by atoms with Crippen molar-refractivity contribution in [3.8, 4) is 5.75 Å². The molecule has 0 saturated heterocycles. The van der Waals surface area contributed by atoms with Gasteiger partial charge in [-0.05, 0) is 31.2 Å². The van der Waals surface area contributed by atoms with E-state index in [1.807, 2.05) is 43.3 Å². The zero-order valence-electron chi connectivity index (χ0n) is 10.1. The van der Waals surface area contributed by atoms with Crippen molar-refractivity contribution in [1.29, 1.82) is 0 Å². The predicted octanol–water partition coefficient (Wildman–Crippen LogP) is 2.54. The number of hydrogen-bond donors (Lipinski definition) is 1. The molecule has 0 spiro atoms. The van der Waals surface area contributed by atoms with E-state index in [0.29, 0.717) is 5.75 Å². The van der Waals surface area contributed by atoms with Crippen molar-refractivity contribution in [1.82, 2.24) is 5.32 Å². The maximum atomic E-state index is 11.6. The topological polar surface area (TPSA) is 51.5 Å². The van der Waals surface area contributed by atoms with Gasteiger partial charge in [0, 0.05) is 0 Å². The molecule has 0 aliphatic rings. The maximum Gasteiger partial charge on any atom is 0.258 e. The van der Waals surface area contributed by atoms with Gasteiger partial charge in [0.2, 0.25) is 0 Å². The molecule has 0 saturated carbocycles. The molecule has 1 N–H and O–H groups in total. The number of ether oxygens (including phenoxy) is 1. The Bertz CT molecular complexity index is 479. The third-order valence-corrected chi connectivity index (χ3v) is 2.46. The molecule has 1 heterocycles. The Morgan fingerprint density at radius 3 is 2.72 bits per heavy atom. The summed E-state index contributed by atoms with van der Waals surface area (Å²) in [7, 11) is 0. The summed E-state index contributed by atoms with van der Waals surface area (Å²) in [5.74, 6) is 1.23. The van der Waals surface area contributed by atoms with Crippen molar-refractivity contribution >= 4 is 5.91 Å². The first-order chi connectivity index (χ1) is 8.75. The molecule has 4 nitrogen and oxygen atoms in total. The van der Waals surface area contributed by atoms with Crippen LogP contribution in [0.1, 0.15) is 18.7 Å². The normalized spacial score (nSPS) is 11.8. The van der Waals surface area contributed by atoms with Gasteiger partial charge in [0.1, 0.15) is 11.5 Å². The molecule has 0 aliphatic heterocycles. The first-order valence-corrected chi connectivity index (χ1v) is 5.76. The Hall–Kier alpha value is -2.23. The van der Waals surface area contributed by atoms with Crippen molar-refractivity contribution in [3.63, 3.8) is 0 Å². The molecule has 1 aromatic carbocycles. The van der Waals surface area contributed by atoms with Gasteiger partial charge in [-0.2, -0.15) is 0 Å². The van der Waals surface area contributed by atoms with Gasteiger partial charge in [0.15, 0.2) is 6.61 Å². The SMILES string of the molecule is C[C@H](NC(=O)COc1ccccc1)c1ccco1. The molecule has 0 fully saturated rings. The number of furan rings is 1. The highest BCUT2D eigenvalue weighted by Crippen LogP contribution is 2.12. The zero-order chi connectivity index (χ0) is 12.8. The van der Waals surface area contributed by atoms with Crippen LogP contribution in [-0.2, 0) is 4.79 Å². The molecule has 0 bridgehead atoms. The van der Waals surface area contributed by atoms with Gasteiger partial charge in [0.05, 0.1) is 12.3 Å². The van der Waals surface area contributed by atoms with Crippen LogP contribution in [0.25, 0.3) is 0 Å². The Balaban J connectivity index is 1.79. The van der Waals surface area contributed by atoms with Gasteiger partial charge in [-0.1, -0.05) is 18.2 Å². The first kappa shape index (κ1) is 12.2. The summed E-state index contributed by atoms with van der Waals surface area (Å²) in [4.78, 5) is 11.6. The van der Waals surface area contributed by atoms with Crippen molar-refractivity contribution in [2.45, 2.75) is 13.0 Å². The second-order valence-electron chi connectivity index (χ2n) is 3.91. The predicted molar refractivity (Wildman–Crippen MR) is 67.2 cm³/mol. The Morgan fingerprint density at radius 2 is 2.06 bits per heavy atom. The largest absolute Gasteiger partial charge is 0.484 e. The highest BCUT2D eigenvalue weighted by atomic mass is 16.5. The van der Waals surface area contributed by atoms with E-state index in [1.54, 1.807) is 12.3 Å². The van der Waals surface area contributed by atoms with E-state index in [0.717, 1.165) is 5.76 Å². The zero-order valence-corrected chi connectivity index (χ0v) is 10.1. The van der Waals surface area contributed by atoms with Crippen LogP contribution >= 0.6 is 0 Å². The van der Waals surface area contributed by atoms with E-state index >= 15 is 0 Å². The standard InChI is InChI=1S/C14H15NO3/c1-11(13-8-5-9-17-13)15-14(16)10-18-12-6-3-2-4-7-12/h2-9,11H,10H2,1H3,(H,15,16)/t11-/m0/s1. The Morgan fingerprint density at radius 1 is 1.28 bits per heavy atom. The summed E-state index contributed by atoms with van der Waals surface area (Å²) in [6.07, 6.45) is 1.58. The molecule has 1 atom stereocenters. The number of hydrogen-bond acceptors (Lipinski definition) is 3. The van der Waals surface area contributed by atoms with Crippen molar-refractivity contribution in [2.75, 3.05) is 6.61 Å². The number of para-hydroxylation sites is 1. The van der Waals surface area contributed by atoms with Crippen LogP contribution < -0.4 is 10.1 Å². The number of nitrogens with one attached hydrogen (secondary N) is 1. The van der Waals surface area contributed by atoms with E-state index in [9.17, 15) is 4.79 Å². The van der Waals surface area contributed by atoms with Crippen LogP contribution in [0, 0.1) is 0 Å². The van der Waals surface area contributed by atoms with Gasteiger partial charge < -0.3 is 14.5 Å². The van der Waals surface area contributed by atoms with Crippen LogP contribution in [-0.4, -0.2) is 12.5 Å². The monoisotopic (exact) mass is 245 g/mol. The summed E-state index contributed by atoms with van der Waals surface area (Å²) in [5.41, 5.74) is 0. The van der Waals surface area contributed by atoms with E-state index in [-0.39, 0.29) is 18.6 Å². The van der Waals surface area contributed by atoms with Crippen molar-refractivity contribution < 1.29 is 13.9 Å². The molecule has 1 amide bonds. The molecule has 0 aliphatic carbocycles. The summed E-state index contributed by atoms with van der Waals surface area (Å²) < 4.78 is 10.5. The summed E-state index contributed by atoms with van der Waals surface area (Å²) in [5, 5.41) is 2.79. The Kier molecular flexibility index (Phi) is 4.02. The van der Waals surface area contributed by atoms with E-state index in [1.165, 1.54) is 0 Å². The molecule has 1 aromatic heterocycles. The molecule has 94 valence electrons. The fourth-order valence-electron chi connectivity index (χ4n) is 1.56. The van der Waals surface area contributed by atoms with Crippen LogP contribution in [0.3, 0.4) is 0 Å². The van der Waals surface area contributed by atoms with E-state index in [4.69, 9.17) is 9.15 Å². The number of benzene rings is 1. The fraction of sp³-hybridized carbons (Fsp3) is 0.214. The average Bonchev–Trinajstić information content (AvgIpc) is 2.91. The highest BCUT2D eigenvalue weighted by Gasteiger charge is 2.11. The number of carbonyl (C=O) groups is 1. The average molecular weight is 245 g/mol. The lowest BCUT2D eigenvalue weighted by molar-refractivity contribution is -0.123. The quantitative estimate of drug-likeness (QED) is 0.880. The third-order valence-electron chi connectivity index (χ3n) is 2.46. The first-order valence-electron chi connectivity index (χ1n) is 5.76. The minimum Gasteiger partial charge on any atom is -0.484 e. The molecule has 2 rings (SSSR count). The summed E-state index contributed by atoms with van der Waals surface area (Å²) >= 11 is 0. The van der Waals surface area contributed by atoms with Gasteiger partial charge in [0.25, 0.3) is 5.91 Å². The number of carbonyl (C=O) groups excluding carboxylic acids is 1. The minimum atomic E-state index is -0.178. The lowest BCUT2D eigenvalue weighted by Gasteiger charge is -2.12. The Labute approximate surface area is 106 Å². The molecule has 0 unspecified atom stereocenters. The molecular formula is C14H15NO3. The van der Waals surface area contributed by atoms with Crippen molar-refractivity contribution in [2.24, 2.45) is 0 Å². The third kappa shape index (κ3) is 3.38. The smallest absolute Gasteiger partial charge is 0.258 e. The maximum absolute atomic E-state index is 11.6. The number of rotatable bonds is 5. The van der Waals surface area contributed by atoms with Crippen molar-refractivity contribution in [3.05, 3.63) is 54.5 Å². The van der Waals surface area contributed by atoms with Crippen LogP contribution in [0.5, 0.6) is 5.75 Å². The summed E-state index contributed by atoms with van der Waals surface area (Å²) in [6.45, 7) is 1.86. The van der Waals surface area contributed by atoms with Gasteiger partial charge in [-0.3, -0.25) is 4.79 Å². The lowest BCUT2D eigenvalue weighted by Crippen LogP contribution is -2.31. The minimum absolute atomic E-state index is 0.00490. The van der Waals surface area contributed by atoms with E-state index in [2.05, 4.69) is 5.32 Å². The number of amides is 1. The second-order valence-corrected chi connectivity index (χ2v) is 3.91. The molecule has 4 heteroatoms. The van der Waals surface area contributed by atoms with Crippen LogP contribution in [0.15, 0.2) is 53.1 Å². The molecule has 0 radical (unpaired) electrons. The fourth-order valence-corrected chi connectivity index (χ4v) is 1.56. The van der Waals surface area contributed by atoms with Crippen LogP contribution in [0.2, 0.25) is 0 Å². The van der Waals surface area contributed by atoms with Crippen LogP contribution in [0.4, 0.5) is 0 Å². The summed E-state index contributed by atoms with van der Waals surface area (Å²) in [6, 6.07) is 12.7.